The van der Waals surface area contributed by atoms with Crippen molar-refractivity contribution < 1.29 is 22.7 Å². The largest absolute Gasteiger partial charge is 0.497 e. The minimum atomic E-state index is -4.41. The molecule has 142 valence electrons. The average molecular weight is 389 g/mol. The van der Waals surface area contributed by atoms with Crippen molar-refractivity contribution in [3.8, 4) is 5.75 Å². The molecule has 0 aliphatic carbocycles. The second kappa shape index (κ2) is 8.80. The molecule has 1 unspecified atom stereocenters. The van der Waals surface area contributed by atoms with E-state index in [-0.39, 0.29) is 24.7 Å². The van der Waals surface area contributed by atoms with Crippen LogP contribution in [0.5, 0.6) is 5.75 Å². The molecule has 2 aromatic carbocycles. The third-order valence-corrected chi connectivity index (χ3v) is 3.76. The van der Waals surface area contributed by atoms with E-state index in [4.69, 9.17) is 10.5 Å². The summed E-state index contributed by atoms with van der Waals surface area (Å²) < 4.78 is 43.4. The Morgan fingerprint density at radius 2 is 1.92 bits per heavy atom. The monoisotopic (exact) mass is 388 g/mol. The Morgan fingerprint density at radius 3 is 2.54 bits per heavy atom. The molecule has 0 aliphatic heterocycles. The third-order valence-electron chi connectivity index (χ3n) is 3.76. The van der Waals surface area contributed by atoms with Crippen molar-refractivity contribution in [1.82, 2.24) is 0 Å². The van der Waals surface area contributed by atoms with Crippen LogP contribution in [0.25, 0.3) is 0 Å². The van der Waals surface area contributed by atoms with Crippen molar-refractivity contribution in [1.29, 1.82) is 0 Å². The number of nitrogens with one attached hydrogen (secondary N) is 1. The molecule has 0 saturated carbocycles. The summed E-state index contributed by atoms with van der Waals surface area (Å²) in [5.41, 5.74) is 6.31. The zero-order valence-electron chi connectivity index (χ0n) is 14.3. The number of carbonyl (C=O) groups is 1. The van der Waals surface area contributed by atoms with E-state index in [0.29, 0.717) is 22.7 Å². The van der Waals surface area contributed by atoms with Gasteiger partial charge in [-0.25, -0.2) is 0 Å². The highest BCUT2D eigenvalue weighted by atomic mass is 35.5. The maximum absolute atomic E-state index is 12.8. The van der Waals surface area contributed by atoms with E-state index in [2.05, 4.69) is 5.32 Å². The van der Waals surface area contributed by atoms with E-state index in [1.54, 1.807) is 31.2 Å². The molecule has 2 aromatic rings. The van der Waals surface area contributed by atoms with Gasteiger partial charge in [-0.3, -0.25) is 4.79 Å². The van der Waals surface area contributed by atoms with Gasteiger partial charge in [0.1, 0.15) is 5.75 Å². The number of hydrogen-bond donors (Lipinski definition) is 2. The zero-order valence-corrected chi connectivity index (χ0v) is 15.1. The maximum Gasteiger partial charge on any atom is 0.416 e. The number of hydrogen-bond acceptors (Lipinski definition) is 3. The summed E-state index contributed by atoms with van der Waals surface area (Å²) in [4.78, 5) is 12.3. The van der Waals surface area contributed by atoms with Crippen molar-refractivity contribution in [2.24, 2.45) is 5.92 Å². The lowest BCUT2D eigenvalue weighted by Gasteiger charge is -2.15. The Balaban J connectivity index is 0.00000338. The Kier molecular flexibility index (Phi) is 7.32. The van der Waals surface area contributed by atoms with Crippen LogP contribution in [0.4, 0.5) is 24.5 Å². The van der Waals surface area contributed by atoms with Gasteiger partial charge in [-0.15, -0.1) is 12.4 Å². The van der Waals surface area contributed by atoms with E-state index in [9.17, 15) is 18.0 Å². The van der Waals surface area contributed by atoms with Crippen LogP contribution in [-0.4, -0.2) is 13.0 Å². The van der Waals surface area contributed by atoms with Gasteiger partial charge in [0.15, 0.2) is 0 Å². The molecule has 0 aliphatic rings. The van der Waals surface area contributed by atoms with Crippen molar-refractivity contribution in [3.05, 3.63) is 53.6 Å². The third kappa shape index (κ3) is 5.56. The van der Waals surface area contributed by atoms with E-state index in [0.717, 1.165) is 12.1 Å². The van der Waals surface area contributed by atoms with Gasteiger partial charge in [0.05, 0.1) is 24.0 Å². The molecule has 0 bridgehead atoms. The fraction of sp³-hybridized carbons (Fsp3) is 0.278. The summed E-state index contributed by atoms with van der Waals surface area (Å²) >= 11 is 0. The van der Waals surface area contributed by atoms with Crippen LogP contribution < -0.4 is 15.8 Å². The van der Waals surface area contributed by atoms with Crippen molar-refractivity contribution in [3.63, 3.8) is 0 Å². The molecule has 0 spiro atoms. The number of halogens is 4. The van der Waals surface area contributed by atoms with Crippen LogP contribution in [0.15, 0.2) is 42.5 Å². The number of amides is 1. The van der Waals surface area contributed by atoms with Crippen LogP contribution in [0.2, 0.25) is 0 Å². The molecule has 1 atom stereocenters. The first-order valence-corrected chi connectivity index (χ1v) is 7.61. The smallest absolute Gasteiger partial charge is 0.416 e. The quantitative estimate of drug-likeness (QED) is 0.739. The number of ether oxygens (including phenoxy) is 1. The van der Waals surface area contributed by atoms with Crippen molar-refractivity contribution in [2.75, 3.05) is 18.2 Å². The van der Waals surface area contributed by atoms with Gasteiger partial charge in [0.2, 0.25) is 5.91 Å². The normalized spacial score (nSPS) is 12.0. The lowest BCUT2D eigenvalue weighted by Crippen LogP contribution is -2.23. The van der Waals surface area contributed by atoms with E-state index < -0.39 is 17.7 Å². The van der Waals surface area contributed by atoms with Crippen LogP contribution in [0.3, 0.4) is 0 Å². The van der Waals surface area contributed by atoms with Crippen LogP contribution >= 0.6 is 12.4 Å². The molecule has 0 heterocycles. The van der Waals surface area contributed by atoms with E-state index >= 15 is 0 Å². The summed E-state index contributed by atoms with van der Waals surface area (Å²) in [6.45, 7) is 1.64. The molecule has 1 amide bonds. The first-order chi connectivity index (χ1) is 11.7. The molecule has 26 heavy (non-hydrogen) atoms. The van der Waals surface area contributed by atoms with Crippen molar-refractivity contribution >= 4 is 29.7 Å². The summed E-state index contributed by atoms with van der Waals surface area (Å²) in [6.07, 6.45) is -4.23. The molecule has 0 radical (unpaired) electrons. The second-order valence-corrected chi connectivity index (χ2v) is 5.75. The molecule has 0 fully saturated rings. The molecular weight excluding hydrogens is 369 g/mol. The molecule has 2 rings (SSSR count). The number of nitrogen functional groups attached to an aromatic ring is 1. The van der Waals surface area contributed by atoms with Gasteiger partial charge >= 0.3 is 6.18 Å². The lowest BCUT2D eigenvalue weighted by atomic mass is 9.98. The number of rotatable bonds is 5. The zero-order chi connectivity index (χ0) is 18.6. The van der Waals surface area contributed by atoms with Gasteiger partial charge in [0, 0.05) is 12.0 Å². The van der Waals surface area contributed by atoms with Crippen LogP contribution in [-0.2, 0) is 17.4 Å². The molecular formula is C18H20ClF3N2O2. The van der Waals surface area contributed by atoms with Gasteiger partial charge in [-0.2, -0.15) is 13.2 Å². The number of benzene rings is 2. The number of nitrogens with two attached hydrogens (primary N) is 1. The van der Waals surface area contributed by atoms with Crippen molar-refractivity contribution in [2.45, 2.75) is 19.5 Å². The fourth-order valence-electron chi connectivity index (χ4n) is 2.35. The standard InChI is InChI=1S/C18H19F3N2O2.ClH/c1-11(8-12-4-3-5-13(9-12)18(19,20)21)17(24)23-16-10-14(25-2)6-7-15(16)22;/h3-7,9-11H,8,22H2,1-2H3,(H,23,24);1H. The highest BCUT2D eigenvalue weighted by Crippen LogP contribution is 2.30. The minimum Gasteiger partial charge on any atom is -0.497 e. The summed E-state index contributed by atoms with van der Waals surface area (Å²) in [5, 5.41) is 2.68. The molecule has 3 N–H and O–H groups in total. The Hall–Kier alpha value is -2.41. The first-order valence-electron chi connectivity index (χ1n) is 7.61. The predicted molar refractivity (Wildman–Crippen MR) is 97.6 cm³/mol. The lowest BCUT2D eigenvalue weighted by molar-refractivity contribution is -0.137. The van der Waals surface area contributed by atoms with E-state index in [1.807, 2.05) is 0 Å². The van der Waals surface area contributed by atoms with Gasteiger partial charge < -0.3 is 15.8 Å². The van der Waals surface area contributed by atoms with Crippen LogP contribution in [0.1, 0.15) is 18.1 Å². The average Bonchev–Trinajstić information content (AvgIpc) is 2.56. The first kappa shape index (κ1) is 21.6. The second-order valence-electron chi connectivity index (χ2n) is 5.75. The number of alkyl halides is 3. The number of carbonyl (C=O) groups excluding carboxylic acids is 1. The topological polar surface area (TPSA) is 64.3 Å². The Labute approximate surface area is 155 Å². The maximum atomic E-state index is 12.8. The van der Waals surface area contributed by atoms with Gasteiger partial charge in [0.25, 0.3) is 0 Å². The minimum absolute atomic E-state index is 0. The molecule has 8 heteroatoms. The van der Waals surface area contributed by atoms with Crippen LogP contribution in [0, 0.1) is 5.92 Å². The highest BCUT2D eigenvalue weighted by Gasteiger charge is 2.30. The molecule has 4 nitrogen and oxygen atoms in total. The highest BCUT2D eigenvalue weighted by molar-refractivity contribution is 5.95. The summed E-state index contributed by atoms with van der Waals surface area (Å²) in [6, 6.07) is 9.82. The number of methoxy groups -OCH3 is 1. The molecule has 0 saturated heterocycles. The summed E-state index contributed by atoms with van der Waals surface area (Å²) in [7, 11) is 1.49. The van der Waals surface area contributed by atoms with Gasteiger partial charge in [-0.1, -0.05) is 25.1 Å². The summed E-state index contributed by atoms with van der Waals surface area (Å²) in [5.74, 6) is -0.332. The van der Waals surface area contributed by atoms with Gasteiger partial charge in [-0.05, 0) is 30.2 Å². The number of anilines is 2. The molecule has 0 aromatic heterocycles. The Bertz CT molecular complexity index is 766. The SMILES string of the molecule is COc1ccc(N)c(NC(=O)C(C)Cc2cccc(C(F)(F)F)c2)c1.Cl. The predicted octanol–water partition coefficient (Wildman–Crippen LogP) is 4.54. The Morgan fingerprint density at radius 1 is 1.23 bits per heavy atom. The van der Waals surface area contributed by atoms with E-state index in [1.165, 1.54) is 13.2 Å². The fourth-order valence-corrected chi connectivity index (χ4v) is 2.35.